The van der Waals surface area contributed by atoms with Crippen molar-refractivity contribution >= 4 is 11.6 Å². The van der Waals surface area contributed by atoms with E-state index in [0.717, 1.165) is 21.7 Å². The number of hydrogen-bond acceptors (Lipinski definition) is 4. The Morgan fingerprint density at radius 1 is 1.12 bits per heavy atom. The maximum absolute atomic E-state index is 10.3. The van der Waals surface area contributed by atoms with Crippen molar-refractivity contribution in [1.29, 1.82) is 0 Å². The summed E-state index contributed by atoms with van der Waals surface area (Å²) in [5, 5.41) is 20.3. The summed E-state index contributed by atoms with van der Waals surface area (Å²) in [5.74, 6) is 0.704. The number of aliphatic hydroxyl groups excluding tert-OH is 2. The zero-order valence-electron chi connectivity index (χ0n) is 14.8. The van der Waals surface area contributed by atoms with Crippen molar-refractivity contribution in [3.05, 3.63) is 64.2 Å². The summed E-state index contributed by atoms with van der Waals surface area (Å²) >= 11 is 6.16. The molecule has 2 aromatic carbocycles. The summed E-state index contributed by atoms with van der Waals surface area (Å²) in [5.41, 5.74) is 3.06. The molecule has 5 heteroatoms. The van der Waals surface area contributed by atoms with Crippen LogP contribution in [0.3, 0.4) is 0 Å². The molecule has 0 heterocycles. The van der Waals surface area contributed by atoms with E-state index in [1.165, 1.54) is 0 Å². The van der Waals surface area contributed by atoms with Crippen LogP contribution in [0.25, 0.3) is 0 Å². The van der Waals surface area contributed by atoms with Crippen LogP contribution in [0.5, 0.6) is 5.75 Å². The van der Waals surface area contributed by atoms with Gasteiger partial charge in [-0.2, -0.15) is 0 Å². The van der Waals surface area contributed by atoms with Crippen molar-refractivity contribution < 1.29 is 14.9 Å². The highest BCUT2D eigenvalue weighted by atomic mass is 35.5. The summed E-state index contributed by atoms with van der Waals surface area (Å²) in [6.45, 7) is 5.72. The second-order valence-corrected chi connectivity index (χ2v) is 6.66. The quantitative estimate of drug-likeness (QED) is 0.718. The Kier molecular flexibility index (Phi) is 7.72. The number of halogens is 1. The maximum Gasteiger partial charge on any atom is 0.120 e. The highest BCUT2D eigenvalue weighted by Crippen LogP contribution is 2.25. The van der Waals surface area contributed by atoms with Gasteiger partial charge in [-0.1, -0.05) is 41.9 Å². The van der Waals surface area contributed by atoms with E-state index in [0.29, 0.717) is 25.4 Å². The Morgan fingerprint density at radius 3 is 2.36 bits per heavy atom. The molecule has 1 atom stereocenters. The van der Waals surface area contributed by atoms with Crippen molar-refractivity contribution in [2.75, 3.05) is 26.3 Å². The molecule has 0 saturated carbocycles. The minimum Gasteiger partial charge on any atom is -0.491 e. The fraction of sp³-hybridized carbons (Fsp3) is 0.400. The normalized spacial score (nSPS) is 12.4. The zero-order valence-corrected chi connectivity index (χ0v) is 15.5. The van der Waals surface area contributed by atoms with Gasteiger partial charge in [-0.15, -0.1) is 0 Å². The van der Waals surface area contributed by atoms with Crippen LogP contribution in [0, 0.1) is 13.8 Å². The van der Waals surface area contributed by atoms with Crippen LogP contribution in [-0.2, 0) is 6.54 Å². The van der Waals surface area contributed by atoms with Gasteiger partial charge in [0.1, 0.15) is 18.5 Å². The molecule has 0 aliphatic heterocycles. The van der Waals surface area contributed by atoms with Crippen LogP contribution in [0.15, 0.2) is 42.5 Å². The van der Waals surface area contributed by atoms with Crippen molar-refractivity contribution in [2.45, 2.75) is 26.5 Å². The lowest BCUT2D eigenvalue weighted by Crippen LogP contribution is -2.37. The van der Waals surface area contributed by atoms with E-state index in [1.54, 1.807) is 0 Å². The van der Waals surface area contributed by atoms with E-state index in [-0.39, 0.29) is 13.2 Å². The molecule has 0 fully saturated rings. The van der Waals surface area contributed by atoms with Gasteiger partial charge >= 0.3 is 0 Å². The van der Waals surface area contributed by atoms with Crippen LogP contribution >= 0.6 is 11.6 Å². The minimum absolute atomic E-state index is 0.0516. The largest absolute Gasteiger partial charge is 0.491 e. The number of aryl methyl sites for hydroxylation is 2. The molecule has 2 rings (SSSR count). The van der Waals surface area contributed by atoms with Crippen molar-refractivity contribution in [3.63, 3.8) is 0 Å². The molecular formula is C20H26ClNO3. The first kappa shape index (κ1) is 19.7. The average Bonchev–Trinajstić information content (AvgIpc) is 2.59. The van der Waals surface area contributed by atoms with Gasteiger partial charge in [-0.05, 0) is 42.7 Å². The molecule has 2 N–H and O–H groups in total. The van der Waals surface area contributed by atoms with Gasteiger partial charge in [-0.25, -0.2) is 0 Å². The standard InChI is InChI=1S/C20H26ClNO3/c1-15-10-19(11-16(2)20(15)21)25-14-18(24)13-22(8-9-23)12-17-6-4-3-5-7-17/h3-7,10-11,18,23-24H,8-9,12-14H2,1-2H3/t18-/m1/s1. The first-order valence-electron chi connectivity index (χ1n) is 8.44. The Hall–Kier alpha value is -1.59. The molecule has 0 aliphatic rings. The number of rotatable bonds is 9. The predicted octanol–water partition coefficient (Wildman–Crippen LogP) is 3.19. The molecule has 2 aromatic rings. The highest BCUT2D eigenvalue weighted by molar-refractivity contribution is 6.32. The van der Waals surface area contributed by atoms with E-state index < -0.39 is 6.10 Å². The third-order valence-corrected chi connectivity index (χ3v) is 4.58. The molecule has 25 heavy (non-hydrogen) atoms. The molecule has 0 spiro atoms. The molecule has 4 nitrogen and oxygen atoms in total. The topological polar surface area (TPSA) is 52.9 Å². The van der Waals surface area contributed by atoms with Gasteiger partial charge in [0, 0.05) is 24.7 Å². The smallest absolute Gasteiger partial charge is 0.120 e. The lowest BCUT2D eigenvalue weighted by atomic mass is 10.1. The summed E-state index contributed by atoms with van der Waals surface area (Å²) in [4.78, 5) is 2.02. The Bertz CT molecular complexity index is 640. The molecule has 0 bridgehead atoms. The third-order valence-electron chi connectivity index (χ3n) is 3.99. The van der Waals surface area contributed by atoms with Gasteiger partial charge < -0.3 is 14.9 Å². The van der Waals surface area contributed by atoms with E-state index in [1.807, 2.05) is 61.2 Å². The van der Waals surface area contributed by atoms with Crippen LogP contribution < -0.4 is 4.74 Å². The fourth-order valence-electron chi connectivity index (χ4n) is 2.75. The summed E-state index contributed by atoms with van der Waals surface area (Å²) in [7, 11) is 0. The van der Waals surface area contributed by atoms with Gasteiger partial charge in [0.15, 0.2) is 0 Å². The average molecular weight is 364 g/mol. The van der Waals surface area contributed by atoms with E-state index in [9.17, 15) is 10.2 Å². The van der Waals surface area contributed by atoms with Crippen molar-refractivity contribution in [2.24, 2.45) is 0 Å². The van der Waals surface area contributed by atoms with E-state index in [4.69, 9.17) is 16.3 Å². The lowest BCUT2D eigenvalue weighted by Gasteiger charge is -2.24. The molecule has 136 valence electrons. The molecule has 0 unspecified atom stereocenters. The first-order chi connectivity index (χ1) is 12.0. The Balaban J connectivity index is 1.89. The minimum atomic E-state index is -0.647. The van der Waals surface area contributed by atoms with Crippen LogP contribution in [0.4, 0.5) is 0 Å². The number of benzene rings is 2. The van der Waals surface area contributed by atoms with Crippen molar-refractivity contribution in [1.82, 2.24) is 4.90 Å². The number of ether oxygens (including phenoxy) is 1. The number of nitrogens with zero attached hydrogens (tertiary/aromatic N) is 1. The second kappa shape index (κ2) is 9.78. The van der Waals surface area contributed by atoms with Gasteiger partial charge in [0.05, 0.1) is 6.61 Å². The molecule has 0 radical (unpaired) electrons. The summed E-state index contributed by atoms with van der Waals surface area (Å²) in [6.07, 6.45) is -0.647. The molecule has 0 saturated heterocycles. The summed E-state index contributed by atoms with van der Waals surface area (Å²) in [6, 6.07) is 13.8. The second-order valence-electron chi connectivity index (χ2n) is 6.28. The van der Waals surface area contributed by atoms with Gasteiger partial charge in [0.25, 0.3) is 0 Å². The van der Waals surface area contributed by atoms with Crippen LogP contribution in [-0.4, -0.2) is 47.5 Å². The third kappa shape index (κ3) is 6.33. The zero-order chi connectivity index (χ0) is 18.2. The predicted molar refractivity (Wildman–Crippen MR) is 101 cm³/mol. The van der Waals surface area contributed by atoms with E-state index in [2.05, 4.69) is 0 Å². The summed E-state index contributed by atoms with van der Waals surface area (Å²) < 4.78 is 5.72. The molecule has 0 aliphatic carbocycles. The van der Waals surface area contributed by atoms with Gasteiger partial charge in [-0.3, -0.25) is 4.90 Å². The maximum atomic E-state index is 10.3. The first-order valence-corrected chi connectivity index (χ1v) is 8.82. The lowest BCUT2D eigenvalue weighted by molar-refractivity contribution is 0.0590. The number of hydrogen-bond donors (Lipinski definition) is 2. The highest BCUT2D eigenvalue weighted by Gasteiger charge is 2.13. The Morgan fingerprint density at radius 2 is 1.76 bits per heavy atom. The van der Waals surface area contributed by atoms with E-state index >= 15 is 0 Å². The Labute approximate surface area is 154 Å². The SMILES string of the molecule is Cc1cc(OC[C@H](O)CN(CCO)Cc2ccccc2)cc(C)c1Cl. The van der Waals surface area contributed by atoms with Crippen LogP contribution in [0.1, 0.15) is 16.7 Å². The van der Waals surface area contributed by atoms with Crippen molar-refractivity contribution in [3.8, 4) is 5.75 Å². The number of aliphatic hydroxyl groups is 2. The molecule has 0 amide bonds. The molecular weight excluding hydrogens is 338 g/mol. The van der Waals surface area contributed by atoms with Gasteiger partial charge in [0.2, 0.25) is 0 Å². The monoisotopic (exact) mass is 363 g/mol. The molecule has 0 aromatic heterocycles. The van der Waals surface area contributed by atoms with Crippen LogP contribution in [0.2, 0.25) is 5.02 Å². The fourth-order valence-corrected chi connectivity index (χ4v) is 2.86.